The molecule has 0 saturated heterocycles. The van der Waals surface area contributed by atoms with Crippen molar-refractivity contribution in [3.8, 4) is 17.2 Å². The molecule has 2 N–H and O–H groups in total. The van der Waals surface area contributed by atoms with Crippen LogP contribution in [0.25, 0.3) is 5.69 Å². The number of nitrogens with zero attached hydrogens (tertiary/aromatic N) is 2. The highest BCUT2D eigenvalue weighted by Gasteiger charge is 2.21. The number of amides is 2. The van der Waals surface area contributed by atoms with Gasteiger partial charge in [-0.05, 0) is 48.4 Å². The number of halogens is 1. The van der Waals surface area contributed by atoms with E-state index in [1.165, 1.54) is 12.1 Å². The number of hydrogen-bond donors (Lipinski definition) is 2. The molecule has 0 aliphatic rings. The predicted molar refractivity (Wildman–Crippen MR) is 136 cm³/mol. The van der Waals surface area contributed by atoms with Crippen molar-refractivity contribution in [1.29, 1.82) is 0 Å². The van der Waals surface area contributed by atoms with Gasteiger partial charge in [0.15, 0.2) is 11.5 Å². The van der Waals surface area contributed by atoms with Gasteiger partial charge in [-0.25, -0.2) is 9.07 Å². The van der Waals surface area contributed by atoms with Crippen LogP contribution in [0.3, 0.4) is 0 Å². The van der Waals surface area contributed by atoms with Crippen molar-refractivity contribution in [3.05, 3.63) is 65.6 Å². The summed E-state index contributed by atoms with van der Waals surface area (Å²) < 4.78 is 25.5. The van der Waals surface area contributed by atoms with Gasteiger partial charge in [0.05, 0.1) is 25.6 Å². The fraction of sp³-hybridized carbons (Fsp3) is 0.370. The maximum Gasteiger partial charge on any atom is 0.226 e. The van der Waals surface area contributed by atoms with Crippen LogP contribution < -0.4 is 20.1 Å². The van der Waals surface area contributed by atoms with Crippen LogP contribution in [0.15, 0.2) is 48.5 Å². The summed E-state index contributed by atoms with van der Waals surface area (Å²) in [4.78, 5) is 24.9. The first kappa shape index (κ1) is 26.7. The number of rotatable bonds is 10. The maximum absolute atomic E-state index is 13.4. The molecule has 0 radical (unpaired) electrons. The van der Waals surface area contributed by atoms with E-state index in [0.717, 1.165) is 11.3 Å². The van der Waals surface area contributed by atoms with Gasteiger partial charge in [0, 0.05) is 30.9 Å². The first-order valence-corrected chi connectivity index (χ1v) is 11.7. The van der Waals surface area contributed by atoms with Crippen LogP contribution in [0.4, 0.5) is 10.2 Å². The van der Waals surface area contributed by atoms with Crippen molar-refractivity contribution < 1.29 is 23.5 Å². The van der Waals surface area contributed by atoms with E-state index >= 15 is 0 Å². The van der Waals surface area contributed by atoms with E-state index in [4.69, 9.17) is 9.47 Å². The van der Waals surface area contributed by atoms with E-state index < -0.39 is 0 Å². The van der Waals surface area contributed by atoms with Gasteiger partial charge in [0.2, 0.25) is 11.8 Å². The summed E-state index contributed by atoms with van der Waals surface area (Å²) in [6.07, 6.45) is 0.681. The molecule has 0 atom stereocenters. The average molecular weight is 497 g/mol. The van der Waals surface area contributed by atoms with Crippen LogP contribution >= 0.6 is 0 Å². The second-order valence-corrected chi connectivity index (χ2v) is 9.39. The Hall–Kier alpha value is -3.88. The molecule has 36 heavy (non-hydrogen) atoms. The van der Waals surface area contributed by atoms with Crippen molar-refractivity contribution in [3.63, 3.8) is 0 Å². The fourth-order valence-electron chi connectivity index (χ4n) is 3.52. The van der Waals surface area contributed by atoms with Crippen molar-refractivity contribution >= 4 is 17.6 Å². The zero-order chi connectivity index (χ0) is 26.3. The number of anilines is 1. The monoisotopic (exact) mass is 496 g/mol. The molecule has 0 saturated carbocycles. The molecular formula is C27H33FN4O4. The standard InChI is InChI=1S/C27H33FN4O4/c1-27(2,3)23-17-24(32(31-23)20-9-7-19(28)8-10-20)30-26(34)13-12-25(33)29-15-14-18-6-11-21(35-4)22(16-18)36-5/h6-11,16-17H,12-15H2,1-5H3,(H,29,33)(H,30,34). The Bertz CT molecular complexity index is 1200. The van der Waals surface area contributed by atoms with Crippen LogP contribution in [-0.2, 0) is 21.4 Å². The number of ether oxygens (including phenoxy) is 2. The van der Waals surface area contributed by atoms with Crippen molar-refractivity contribution in [2.75, 3.05) is 26.1 Å². The second-order valence-electron chi connectivity index (χ2n) is 9.39. The average Bonchev–Trinajstić information content (AvgIpc) is 3.27. The minimum absolute atomic E-state index is 0.0155. The summed E-state index contributed by atoms with van der Waals surface area (Å²) in [5.41, 5.74) is 2.14. The van der Waals surface area contributed by atoms with E-state index in [1.54, 1.807) is 37.1 Å². The molecule has 192 valence electrons. The van der Waals surface area contributed by atoms with Gasteiger partial charge in [-0.15, -0.1) is 0 Å². The third kappa shape index (κ3) is 7.07. The normalized spacial score (nSPS) is 11.2. The molecule has 0 aliphatic carbocycles. The fourth-order valence-corrected chi connectivity index (χ4v) is 3.52. The molecule has 0 spiro atoms. The van der Waals surface area contributed by atoms with Gasteiger partial charge in [-0.3, -0.25) is 9.59 Å². The zero-order valence-corrected chi connectivity index (χ0v) is 21.4. The van der Waals surface area contributed by atoms with Gasteiger partial charge in [0.1, 0.15) is 11.6 Å². The van der Waals surface area contributed by atoms with Crippen molar-refractivity contribution in [2.45, 2.75) is 45.4 Å². The Morgan fingerprint density at radius 2 is 1.61 bits per heavy atom. The molecule has 2 aromatic carbocycles. The summed E-state index contributed by atoms with van der Waals surface area (Å²) in [5, 5.41) is 10.3. The Morgan fingerprint density at radius 1 is 0.944 bits per heavy atom. The third-order valence-electron chi connectivity index (χ3n) is 5.58. The number of carbonyl (C=O) groups is 2. The smallest absolute Gasteiger partial charge is 0.226 e. The number of benzene rings is 2. The number of nitrogens with one attached hydrogen (secondary N) is 2. The first-order valence-electron chi connectivity index (χ1n) is 11.7. The molecule has 0 fully saturated rings. The first-order chi connectivity index (χ1) is 17.1. The van der Waals surface area contributed by atoms with Crippen LogP contribution in [-0.4, -0.2) is 42.4 Å². The molecule has 2 amide bonds. The lowest BCUT2D eigenvalue weighted by atomic mass is 9.92. The van der Waals surface area contributed by atoms with E-state index in [0.29, 0.717) is 36.0 Å². The Labute approximate surface area is 210 Å². The summed E-state index contributed by atoms with van der Waals surface area (Å²) in [5.74, 6) is 0.857. The molecule has 0 unspecified atom stereocenters. The third-order valence-corrected chi connectivity index (χ3v) is 5.58. The Kier molecular flexibility index (Phi) is 8.68. The van der Waals surface area contributed by atoms with E-state index in [1.807, 2.05) is 39.0 Å². The molecule has 0 bridgehead atoms. The van der Waals surface area contributed by atoms with Gasteiger partial charge in [-0.1, -0.05) is 26.8 Å². The lowest BCUT2D eigenvalue weighted by Crippen LogP contribution is -2.27. The second kappa shape index (κ2) is 11.7. The van der Waals surface area contributed by atoms with E-state index in [9.17, 15) is 14.0 Å². The molecule has 3 rings (SSSR count). The largest absolute Gasteiger partial charge is 0.493 e. The van der Waals surface area contributed by atoms with Gasteiger partial charge in [0.25, 0.3) is 0 Å². The highest BCUT2D eigenvalue weighted by molar-refractivity contribution is 5.92. The number of carbonyl (C=O) groups excluding carboxylic acids is 2. The summed E-state index contributed by atoms with van der Waals surface area (Å²) in [6, 6.07) is 13.3. The molecule has 1 aromatic heterocycles. The highest BCUT2D eigenvalue weighted by atomic mass is 19.1. The molecular weight excluding hydrogens is 463 g/mol. The minimum atomic E-state index is -0.357. The van der Waals surface area contributed by atoms with E-state index in [2.05, 4.69) is 15.7 Å². The lowest BCUT2D eigenvalue weighted by molar-refractivity contribution is -0.124. The predicted octanol–water partition coefficient (Wildman–Crippen LogP) is 4.40. The topological polar surface area (TPSA) is 94.5 Å². The maximum atomic E-state index is 13.4. The van der Waals surface area contributed by atoms with Crippen LogP contribution in [0.5, 0.6) is 11.5 Å². The lowest BCUT2D eigenvalue weighted by Gasteiger charge is -2.14. The minimum Gasteiger partial charge on any atom is -0.493 e. The van der Waals surface area contributed by atoms with Crippen LogP contribution in [0, 0.1) is 5.82 Å². The number of aromatic nitrogens is 2. The van der Waals surface area contributed by atoms with Gasteiger partial charge < -0.3 is 20.1 Å². The summed E-state index contributed by atoms with van der Waals surface area (Å²) >= 11 is 0. The molecule has 9 heteroatoms. The highest BCUT2D eigenvalue weighted by Crippen LogP contribution is 2.28. The Balaban J connectivity index is 1.55. The number of methoxy groups -OCH3 is 2. The molecule has 3 aromatic rings. The van der Waals surface area contributed by atoms with Crippen LogP contribution in [0.2, 0.25) is 0 Å². The molecule has 8 nitrogen and oxygen atoms in total. The van der Waals surface area contributed by atoms with Crippen molar-refractivity contribution in [2.24, 2.45) is 0 Å². The van der Waals surface area contributed by atoms with Gasteiger partial charge >= 0.3 is 0 Å². The zero-order valence-electron chi connectivity index (χ0n) is 21.4. The van der Waals surface area contributed by atoms with Crippen molar-refractivity contribution in [1.82, 2.24) is 15.1 Å². The van der Waals surface area contributed by atoms with Crippen LogP contribution in [0.1, 0.15) is 44.9 Å². The van der Waals surface area contributed by atoms with Gasteiger partial charge in [-0.2, -0.15) is 5.10 Å². The molecule has 0 aliphatic heterocycles. The summed E-state index contributed by atoms with van der Waals surface area (Å²) in [6.45, 7) is 6.48. The molecule has 1 heterocycles. The summed E-state index contributed by atoms with van der Waals surface area (Å²) in [7, 11) is 3.15. The Morgan fingerprint density at radius 3 is 2.25 bits per heavy atom. The quantitative estimate of drug-likeness (QED) is 0.434. The SMILES string of the molecule is COc1ccc(CCNC(=O)CCC(=O)Nc2cc(C(C)(C)C)nn2-c2ccc(F)cc2)cc1OC. The number of hydrogen-bond acceptors (Lipinski definition) is 5. The van der Waals surface area contributed by atoms with E-state index in [-0.39, 0.29) is 35.9 Å².